The van der Waals surface area contributed by atoms with E-state index in [1.165, 1.54) is 6.08 Å². The van der Waals surface area contributed by atoms with Crippen LogP contribution in [0.4, 0.5) is 13.2 Å². The summed E-state index contributed by atoms with van der Waals surface area (Å²) in [6.07, 6.45) is -0.100. The van der Waals surface area contributed by atoms with Crippen molar-refractivity contribution in [3.8, 4) is 6.07 Å². The predicted molar refractivity (Wildman–Crippen MR) is 61.8 cm³/mol. The molecule has 92 valence electrons. The second-order valence-electron chi connectivity index (χ2n) is 4.12. The summed E-state index contributed by atoms with van der Waals surface area (Å²) in [5, 5.41) is 8.78. The van der Waals surface area contributed by atoms with Crippen LogP contribution in [0.1, 0.15) is 23.5 Å². The monoisotopic (exact) mass is 249 g/mol. The number of benzene rings is 1. The van der Waals surface area contributed by atoms with Crippen molar-refractivity contribution in [2.24, 2.45) is 0 Å². The van der Waals surface area contributed by atoms with Gasteiger partial charge in [-0.15, -0.1) is 0 Å². The summed E-state index contributed by atoms with van der Waals surface area (Å²) >= 11 is 0. The molecule has 1 atom stereocenters. The van der Waals surface area contributed by atoms with Crippen LogP contribution in [0, 0.1) is 11.3 Å². The molecule has 1 aromatic carbocycles. The highest BCUT2D eigenvalue weighted by Crippen LogP contribution is 2.37. The minimum Gasteiger partial charge on any atom is -0.192 e. The van der Waals surface area contributed by atoms with Crippen molar-refractivity contribution in [1.29, 1.82) is 5.26 Å². The molecular formula is C14H10F3N. The molecule has 1 aromatic rings. The Bertz CT molecular complexity index is 547. The lowest BCUT2D eigenvalue weighted by Crippen LogP contribution is -2.16. The molecule has 18 heavy (non-hydrogen) atoms. The average Bonchev–Trinajstić information content (AvgIpc) is 2.38. The summed E-state index contributed by atoms with van der Waals surface area (Å²) in [4.78, 5) is 0. The molecule has 0 aliphatic heterocycles. The van der Waals surface area contributed by atoms with E-state index >= 15 is 0 Å². The van der Waals surface area contributed by atoms with Gasteiger partial charge in [-0.1, -0.05) is 30.4 Å². The predicted octanol–water partition coefficient (Wildman–Crippen LogP) is 4.09. The third-order valence-corrected chi connectivity index (χ3v) is 2.89. The molecule has 0 saturated heterocycles. The average molecular weight is 249 g/mol. The van der Waals surface area contributed by atoms with E-state index in [9.17, 15) is 13.2 Å². The Morgan fingerprint density at radius 3 is 2.72 bits per heavy atom. The van der Waals surface area contributed by atoms with Crippen molar-refractivity contribution in [3.05, 3.63) is 59.2 Å². The van der Waals surface area contributed by atoms with Crippen molar-refractivity contribution in [3.63, 3.8) is 0 Å². The lowest BCUT2D eigenvalue weighted by Gasteiger charge is -2.20. The van der Waals surface area contributed by atoms with E-state index in [0.29, 0.717) is 5.56 Å². The smallest absolute Gasteiger partial charge is 0.192 e. The Balaban J connectivity index is 2.25. The number of hydrogen-bond donors (Lipinski definition) is 0. The third kappa shape index (κ3) is 2.62. The molecule has 1 unspecified atom stereocenters. The van der Waals surface area contributed by atoms with Crippen LogP contribution in [0.5, 0.6) is 0 Å². The first kappa shape index (κ1) is 12.4. The first-order chi connectivity index (χ1) is 8.50. The van der Waals surface area contributed by atoms with E-state index in [1.54, 1.807) is 30.3 Å². The fraction of sp³-hybridized carbons (Fsp3) is 0.214. The Kier molecular flexibility index (Phi) is 3.24. The molecule has 0 N–H and O–H groups in total. The van der Waals surface area contributed by atoms with Crippen molar-refractivity contribution in [2.75, 3.05) is 0 Å². The molecule has 0 heterocycles. The first-order valence-electron chi connectivity index (χ1n) is 5.45. The Morgan fingerprint density at radius 2 is 2.06 bits per heavy atom. The SMILES string of the molecule is N#Cc1cccc(C2C=CC=C(C(F)(F)F)C2)c1. The van der Waals surface area contributed by atoms with Crippen molar-refractivity contribution in [2.45, 2.75) is 18.5 Å². The van der Waals surface area contributed by atoms with E-state index in [0.717, 1.165) is 11.6 Å². The van der Waals surface area contributed by atoms with Crippen LogP contribution in [0.3, 0.4) is 0 Å². The van der Waals surface area contributed by atoms with Crippen LogP contribution >= 0.6 is 0 Å². The van der Waals surface area contributed by atoms with Gasteiger partial charge in [0.05, 0.1) is 11.6 Å². The van der Waals surface area contributed by atoms with Crippen LogP contribution in [0.15, 0.2) is 48.1 Å². The Labute approximate surface area is 103 Å². The van der Waals surface area contributed by atoms with Gasteiger partial charge in [0, 0.05) is 11.5 Å². The highest BCUT2D eigenvalue weighted by atomic mass is 19.4. The zero-order chi connectivity index (χ0) is 13.2. The molecule has 0 bridgehead atoms. The Hall–Kier alpha value is -2.02. The maximum absolute atomic E-state index is 12.6. The van der Waals surface area contributed by atoms with Gasteiger partial charge in [-0.05, 0) is 24.1 Å². The minimum absolute atomic E-state index is 0.0745. The first-order valence-corrected chi connectivity index (χ1v) is 5.45. The van der Waals surface area contributed by atoms with E-state index in [2.05, 4.69) is 0 Å². The van der Waals surface area contributed by atoms with Crippen molar-refractivity contribution < 1.29 is 13.2 Å². The quantitative estimate of drug-likeness (QED) is 0.735. The van der Waals surface area contributed by atoms with Gasteiger partial charge in [-0.25, -0.2) is 0 Å². The highest BCUT2D eigenvalue weighted by Gasteiger charge is 2.35. The molecule has 1 aliphatic rings. The van der Waals surface area contributed by atoms with Gasteiger partial charge in [0.15, 0.2) is 0 Å². The number of halogens is 3. The van der Waals surface area contributed by atoms with E-state index in [1.807, 2.05) is 6.07 Å². The van der Waals surface area contributed by atoms with Crippen molar-refractivity contribution >= 4 is 0 Å². The maximum atomic E-state index is 12.6. The molecule has 1 aliphatic carbocycles. The molecule has 0 radical (unpaired) electrons. The van der Waals surface area contributed by atoms with Gasteiger partial charge >= 0.3 is 6.18 Å². The van der Waals surface area contributed by atoms with Gasteiger partial charge < -0.3 is 0 Å². The molecule has 0 saturated carbocycles. The fourth-order valence-electron chi connectivity index (χ4n) is 1.96. The van der Waals surface area contributed by atoms with Crippen LogP contribution in [0.2, 0.25) is 0 Å². The minimum atomic E-state index is -4.28. The van der Waals surface area contributed by atoms with Crippen molar-refractivity contribution in [1.82, 2.24) is 0 Å². The number of nitrogens with zero attached hydrogens (tertiary/aromatic N) is 1. The number of nitriles is 1. The van der Waals surface area contributed by atoms with E-state index in [-0.39, 0.29) is 12.3 Å². The van der Waals surface area contributed by atoms with Crippen LogP contribution < -0.4 is 0 Å². The summed E-state index contributed by atoms with van der Waals surface area (Å²) < 4.78 is 37.9. The molecule has 1 nitrogen and oxygen atoms in total. The number of allylic oxidation sites excluding steroid dienone is 4. The van der Waals surface area contributed by atoms with E-state index in [4.69, 9.17) is 5.26 Å². The maximum Gasteiger partial charge on any atom is 0.412 e. The summed E-state index contributed by atoms with van der Waals surface area (Å²) in [7, 11) is 0. The summed E-state index contributed by atoms with van der Waals surface area (Å²) in [5.74, 6) is -0.320. The van der Waals surface area contributed by atoms with E-state index < -0.39 is 11.7 Å². The second kappa shape index (κ2) is 4.69. The summed E-state index contributed by atoms with van der Waals surface area (Å²) in [5.41, 5.74) is 0.668. The van der Waals surface area contributed by atoms with Crippen LogP contribution in [-0.2, 0) is 0 Å². The van der Waals surface area contributed by atoms with Gasteiger partial charge in [-0.3, -0.25) is 0 Å². The lowest BCUT2D eigenvalue weighted by atomic mass is 9.87. The highest BCUT2D eigenvalue weighted by molar-refractivity contribution is 5.39. The third-order valence-electron chi connectivity index (χ3n) is 2.89. The zero-order valence-corrected chi connectivity index (χ0v) is 9.41. The molecule has 0 amide bonds. The zero-order valence-electron chi connectivity index (χ0n) is 9.41. The van der Waals surface area contributed by atoms with Gasteiger partial charge in [0.1, 0.15) is 0 Å². The second-order valence-corrected chi connectivity index (χ2v) is 4.12. The molecule has 2 rings (SSSR count). The summed E-state index contributed by atoms with van der Waals surface area (Å²) in [6, 6.07) is 8.69. The number of hydrogen-bond acceptors (Lipinski definition) is 1. The number of alkyl halides is 3. The normalized spacial score (nSPS) is 19.2. The van der Waals surface area contributed by atoms with Crippen LogP contribution in [0.25, 0.3) is 0 Å². The molecule has 0 spiro atoms. The molecule has 4 heteroatoms. The van der Waals surface area contributed by atoms with Crippen LogP contribution in [-0.4, -0.2) is 6.18 Å². The summed E-state index contributed by atoms with van der Waals surface area (Å²) in [6.45, 7) is 0. The van der Waals surface area contributed by atoms with Gasteiger partial charge in [0.25, 0.3) is 0 Å². The lowest BCUT2D eigenvalue weighted by molar-refractivity contribution is -0.0944. The van der Waals surface area contributed by atoms with Gasteiger partial charge in [-0.2, -0.15) is 18.4 Å². The fourth-order valence-corrected chi connectivity index (χ4v) is 1.96. The largest absolute Gasteiger partial charge is 0.412 e. The Morgan fingerprint density at radius 1 is 1.28 bits per heavy atom. The standard InChI is InChI=1S/C14H10F3N/c15-14(16,17)13-6-2-5-12(8-13)11-4-1-3-10(7-11)9-18/h1-7,12H,8H2. The van der Waals surface area contributed by atoms with Gasteiger partial charge in [0.2, 0.25) is 0 Å². The molecule has 0 aromatic heterocycles. The topological polar surface area (TPSA) is 23.8 Å². The number of rotatable bonds is 1. The molecular weight excluding hydrogens is 239 g/mol. The molecule has 0 fully saturated rings.